The summed E-state index contributed by atoms with van der Waals surface area (Å²) >= 11 is 0. The van der Waals surface area contributed by atoms with E-state index in [1.165, 1.54) is 25.9 Å². The van der Waals surface area contributed by atoms with Crippen LogP contribution in [0.25, 0.3) is 0 Å². The predicted octanol–water partition coefficient (Wildman–Crippen LogP) is 2.38. The highest BCUT2D eigenvalue weighted by Gasteiger charge is 2.40. The molecule has 5 nitrogen and oxygen atoms in total. The van der Waals surface area contributed by atoms with E-state index in [0.29, 0.717) is 6.04 Å². The molecular weight excluding hydrogens is 262 g/mol. The van der Waals surface area contributed by atoms with Crippen LogP contribution in [0, 0.1) is 0 Å². The minimum Gasteiger partial charge on any atom is -0.326 e. The van der Waals surface area contributed by atoms with E-state index in [4.69, 9.17) is 5.73 Å². The lowest BCUT2D eigenvalue weighted by Gasteiger charge is -2.45. The highest BCUT2D eigenvalue weighted by molar-refractivity contribution is 5.04. The highest BCUT2D eigenvalue weighted by atomic mass is 15.3. The molecule has 2 heterocycles. The molecule has 1 fully saturated rings. The van der Waals surface area contributed by atoms with E-state index in [9.17, 15) is 0 Å². The minimum absolute atomic E-state index is 0.101. The second kappa shape index (κ2) is 6.88. The first-order valence-corrected chi connectivity index (χ1v) is 8.44. The monoisotopic (exact) mass is 293 g/mol. The SMILES string of the molecule is CCC(CC)(C(N)Cc1ncnn1C(C)C)N1CCCC1. The molecule has 1 aliphatic heterocycles. The van der Waals surface area contributed by atoms with Crippen molar-refractivity contribution in [3.63, 3.8) is 0 Å². The fraction of sp³-hybridized carbons (Fsp3) is 0.875. The number of nitrogens with two attached hydrogens (primary N) is 1. The van der Waals surface area contributed by atoms with Crippen LogP contribution in [0.15, 0.2) is 6.33 Å². The third-order valence-electron chi connectivity index (χ3n) is 5.19. The third kappa shape index (κ3) is 3.14. The topological polar surface area (TPSA) is 60.0 Å². The van der Waals surface area contributed by atoms with Gasteiger partial charge in [-0.05, 0) is 52.6 Å². The van der Waals surface area contributed by atoms with Crippen LogP contribution in [0.4, 0.5) is 0 Å². The van der Waals surface area contributed by atoms with E-state index in [2.05, 4.69) is 42.7 Å². The van der Waals surface area contributed by atoms with E-state index >= 15 is 0 Å². The van der Waals surface area contributed by atoms with Crippen molar-refractivity contribution in [1.82, 2.24) is 19.7 Å². The van der Waals surface area contributed by atoms with Gasteiger partial charge < -0.3 is 5.73 Å². The largest absolute Gasteiger partial charge is 0.326 e. The van der Waals surface area contributed by atoms with Crippen molar-refractivity contribution in [2.75, 3.05) is 13.1 Å². The molecule has 21 heavy (non-hydrogen) atoms. The number of hydrogen-bond donors (Lipinski definition) is 1. The molecule has 1 unspecified atom stereocenters. The highest BCUT2D eigenvalue weighted by Crippen LogP contribution is 2.32. The maximum atomic E-state index is 6.69. The van der Waals surface area contributed by atoms with Crippen LogP contribution in [0.5, 0.6) is 0 Å². The Kier molecular flexibility index (Phi) is 5.38. The van der Waals surface area contributed by atoms with E-state index in [1.807, 2.05) is 4.68 Å². The Balaban J connectivity index is 2.18. The van der Waals surface area contributed by atoms with Crippen LogP contribution in [-0.2, 0) is 6.42 Å². The lowest BCUT2D eigenvalue weighted by molar-refractivity contribution is 0.0756. The summed E-state index contributed by atoms with van der Waals surface area (Å²) in [4.78, 5) is 7.06. The van der Waals surface area contributed by atoms with E-state index in [1.54, 1.807) is 6.33 Å². The molecule has 1 atom stereocenters. The van der Waals surface area contributed by atoms with Crippen molar-refractivity contribution >= 4 is 0 Å². The van der Waals surface area contributed by atoms with Crippen molar-refractivity contribution in [2.24, 2.45) is 5.73 Å². The van der Waals surface area contributed by atoms with Crippen LogP contribution in [-0.4, -0.2) is 44.3 Å². The summed E-state index contributed by atoms with van der Waals surface area (Å²) in [5.41, 5.74) is 6.79. The molecule has 0 bridgehead atoms. The Morgan fingerprint density at radius 3 is 2.38 bits per heavy atom. The molecule has 0 saturated carbocycles. The van der Waals surface area contributed by atoms with E-state index in [0.717, 1.165) is 25.1 Å². The van der Waals surface area contributed by atoms with Gasteiger partial charge in [-0.1, -0.05) is 13.8 Å². The Hall–Kier alpha value is -0.940. The molecule has 1 aromatic heterocycles. The Morgan fingerprint density at radius 1 is 1.24 bits per heavy atom. The van der Waals surface area contributed by atoms with Crippen LogP contribution >= 0.6 is 0 Å². The molecule has 5 heteroatoms. The third-order valence-corrected chi connectivity index (χ3v) is 5.19. The van der Waals surface area contributed by atoms with Gasteiger partial charge in [0.15, 0.2) is 0 Å². The number of nitrogens with zero attached hydrogens (tertiary/aromatic N) is 4. The van der Waals surface area contributed by atoms with Crippen molar-refractivity contribution in [3.05, 3.63) is 12.2 Å². The lowest BCUT2D eigenvalue weighted by atomic mass is 9.81. The molecule has 0 spiro atoms. The normalized spacial score (nSPS) is 18.6. The molecule has 1 aromatic rings. The molecule has 0 aliphatic carbocycles. The quantitative estimate of drug-likeness (QED) is 0.838. The molecule has 0 amide bonds. The van der Waals surface area contributed by atoms with Gasteiger partial charge in [0.1, 0.15) is 12.2 Å². The fourth-order valence-corrected chi connectivity index (χ4v) is 3.86. The standard InChI is InChI=1S/C16H31N5/c1-5-16(6-2,20-9-7-8-10-20)14(17)11-15-18-12-19-21(15)13(3)4/h12-14H,5-11,17H2,1-4H3. The van der Waals surface area contributed by atoms with Crippen molar-refractivity contribution in [2.45, 2.75) is 77.4 Å². The van der Waals surface area contributed by atoms with Gasteiger partial charge in [0, 0.05) is 24.0 Å². The van der Waals surface area contributed by atoms with E-state index < -0.39 is 0 Å². The zero-order valence-corrected chi connectivity index (χ0v) is 14.0. The van der Waals surface area contributed by atoms with Crippen LogP contribution in [0.3, 0.4) is 0 Å². The average Bonchev–Trinajstić information content (AvgIpc) is 3.12. The van der Waals surface area contributed by atoms with Crippen molar-refractivity contribution < 1.29 is 0 Å². The second-order valence-corrected chi connectivity index (χ2v) is 6.53. The minimum atomic E-state index is 0.101. The smallest absolute Gasteiger partial charge is 0.138 e. The van der Waals surface area contributed by atoms with Crippen LogP contribution in [0.2, 0.25) is 0 Å². The molecule has 0 radical (unpaired) electrons. The summed E-state index contributed by atoms with van der Waals surface area (Å²) in [6.45, 7) is 11.2. The number of rotatable bonds is 7. The summed E-state index contributed by atoms with van der Waals surface area (Å²) in [5.74, 6) is 1.02. The maximum absolute atomic E-state index is 6.69. The summed E-state index contributed by atoms with van der Waals surface area (Å²) in [6.07, 6.45) is 7.25. The molecule has 120 valence electrons. The Bertz CT molecular complexity index is 430. The van der Waals surface area contributed by atoms with Gasteiger partial charge in [-0.25, -0.2) is 9.67 Å². The van der Waals surface area contributed by atoms with E-state index in [-0.39, 0.29) is 11.6 Å². The van der Waals surface area contributed by atoms with Gasteiger partial charge in [0.05, 0.1) is 0 Å². The first kappa shape index (κ1) is 16.4. The average molecular weight is 293 g/mol. The number of aromatic nitrogens is 3. The van der Waals surface area contributed by atoms with Gasteiger partial charge in [-0.15, -0.1) is 0 Å². The predicted molar refractivity (Wildman–Crippen MR) is 86.2 cm³/mol. The van der Waals surface area contributed by atoms with Crippen LogP contribution < -0.4 is 5.73 Å². The second-order valence-electron chi connectivity index (χ2n) is 6.53. The first-order chi connectivity index (χ1) is 10.0. The van der Waals surface area contributed by atoms with Crippen molar-refractivity contribution in [1.29, 1.82) is 0 Å². The first-order valence-electron chi connectivity index (χ1n) is 8.44. The summed E-state index contributed by atoms with van der Waals surface area (Å²) < 4.78 is 2.00. The van der Waals surface area contributed by atoms with Gasteiger partial charge in [-0.3, -0.25) is 4.90 Å². The van der Waals surface area contributed by atoms with Gasteiger partial charge in [0.25, 0.3) is 0 Å². The molecule has 1 saturated heterocycles. The van der Waals surface area contributed by atoms with Gasteiger partial charge in [0.2, 0.25) is 0 Å². The molecule has 1 aliphatic rings. The molecule has 2 N–H and O–H groups in total. The number of likely N-dealkylation sites (tertiary alicyclic amines) is 1. The molecule has 2 rings (SSSR count). The van der Waals surface area contributed by atoms with Crippen LogP contribution in [0.1, 0.15) is 65.2 Å². The molecule has 0 aromatic carbocycles. The van der Waals surface area contributed by atoms with Gasteiger partial charge in [-0.2, -0.15) is 5.10 Å². The van der Waals surface area contributed by atoms with Crippen molar-refractivity contribution in [3.8, 4) is 0 Å². The Morgan fingerprint density at radius 2 is 1.86 bits per heavy atom. The molecular formula is C16H31N5. The fourth-order valence-electron chi connectivity index (χ4n) is 3.86. The maximum Gasteiger partial charge on any atom is 0.138 e. The summed E-state index contributed by atoms with van der Waals surface area (Å²) in [5, 5.41) is 4.34. The zero-order chi connectivity index (χ0) is 15.5. The zero-order valence-electron chi connectivity index (χ0n) is 14.0. The lowest BCUT2D eigenvalue weighted by Crippen LogP contribution is -2.59. The summed E-state index contributed by atoms with van der Waals surface area (Å²) in [7, 11) is 0. The number of hydrogen-bond acceptors (Lipinski definition) is 4. The Labute approximate surface area is 128 Å². The van der Waals surface area contributed by atoms with Gasteiger partial charge >= 0.3 is 0 Å². The summed E-state index contributed by atoms with van der Waals surface area (Å²) in [6, 6.07) is 0.437.